The Bertz CT molecular complexity index is 899. The van der Waals surface area contributed by atoms with Gasteiger partial charge in [0.25, 0.3) is 6.10 Å². The first-order chi connectivity index (χ1) is 16.0. The summed E-state index contributed by atoms with van der Waals surface area (Å²) in [7, 11) is 0. The molecule has 1 aliphatic rings. The monoisotopic (exact) mass is 488 g/mol. The number of rotatable bonds is 10. The summed E-state index contributed by atoms with van der Waals surface area (Å²) in [5.74, 6) is -6.12. The van der Waals surface area contributed by atoms with Gasteiger partial charge < -0.3 is 25.2 Å². The van der Waals surface area contributed by atoms with Gasteiger partial charge in [-0.05, 0) is 69.3 Å². The number of alkyl halides is 3. The number of aromatic hydroxyl groups is 1. The van der Waals surface area contributed by atoms with Crippen molar-refractivity contribution in [3.8, 4) is 11.5 Å². The Kier molecular flexibility index (Phi) is 9.84. The molecule has 2 rings (SSSR count). The molecule has 0 bridgehead atoms. The Morgan fingerprint density at radius 1 is 1.21 bits per heavy atom. The number of carbonyl (C=O) groups is 4. The number of Topliss-reactive ketones (excluding diaryl/α,β-unsaturated/α-hetero) is 1. The highest BCUT2D eigenvalue weighted by Gasteiger charge is 2.44. The fraction of sp³-hybridized carbons (Fsp3) is 0.545. The van der Waals surface area contributed by atoms with E-state index in [4.69, 9.17) is 4.74 Å². The molecule has 1 aromatic carbocycles. The van der Waals surface area contributed by atoms with Crippen molar-refractivity contribution in [2.24, 2.45) is 5.92 Å². The smallest absolute Gasteiger partial charge is 0.491 e. The van der Waals surface area contributed by atoms with E-state index in [-0.39, 0.29) is 18.2 Å². The van der Waals surface area contributed by atoms with E-state index in [1.54, 1.807) is 0 Å². The van der Waals surface area contributed by atoms with E-state index in [2.05, 4.69) is 15.4 Å². The lowest BCUT2D eigenvalue weighted by Crippen LogP contribution is -2.39. The van der Waals surface area contributed by atoms with Crippen molar-refractivity contribution >= 4 is 23.6 Å². The lowest BCUT2D eigenvalue weighted by atomic mass is 9.93. The van der Waals surface area contributed by atoms with Crippen LogP contribution in [0.1, 0.15) is 38.2 Å². The second-order valence-electron chi connectivity index (χ2n) is 7.95. The Morgan fingerprint density at radius 3 is 2.50 bits per heavy atom. The summed E-state index contributed by atoms with van der Waals surface area (Å²) < 4.78 is 45.7. The first-order valence-electron chi connectivity index (χ1n) is 10.8. The largest absolute Gasteiger partial charge is 0.504 e. The molecule has 1 fully saturated rings. The average molecular weight is 488 g/mol. The topological polar surface area (TPSA) is 131 Å². The molecule has 1 aliphatic heterocycles. The summed E-state index contributed by atoms with van der Waals surface area (Å²) in [6, 6.07) is 3.98. The van der Waals surface area contributed by atoms with Crippen LogP contribution >= 0.6 is 0 Å². The highest BCUT2D eigenvalue weighted by molar-refractivity contribution is 6.04. The fourth-order valence-electron chi connectivity index (χ4n) is 3.38. The van der Waals surface area contributed by atoms with Crippen LogP contribution in [0, 0.1) is 5.92 Å². The van der Waals surface area contributed by atoms with Crippen molar-refractivity contribution in [2.45, 2.75) is 51.3 Å². The van der Waals surface area contributed by atoms with Crippen molar-refractivity contribution in [3.63, 3.8) is 0 Å². The predicted octanol–water partition coefficient (Wildman–Crippen LogP) is 1.80. The van der Waals surface area contributed by atoms with Crippen molar-refractivity contribution in [2.75, 3.05) is 19.6 Å². The van der Waals surface area contributed by atoms with Gasteiger partial charge in [0.1, 0.15) is 0 Å². The number of ketones is 1. The molecule has 3 N–H and O–H groups in total. The number of piperidine rings is 1. The predicted molar refractivity (Wildman–Crippen MR) is 112 cm³/mol. The number of hydrogen-bond acceptors (Lipinski definition) is 8. The van der Waals surface area contributed by atoms with E-state index in [1.165, 1.54) is 18.2 Å². The molecule has 1 saturated heterocycles. The highest BCUT2D eigenvalue weighted by Crippen LogP contribution is 2.29. The number of benzene rings is 1. The minimum Gasteiger partial charge on any atom is -0.504 e. The van der Waals surface area contributed by atoms with Gasteiger partial charge in [0, 0.05) is 13.0 Å². The molecule has 1 atom stereocenters. The number of phenolic OH excluding ortho intramolecular Hbond substituents is 1. The molecule has 12 heteroatoms. The Morgan fingerprint density at radius 2 is 1.88 bits per heavy atom. The Labute approximate surface area is 194 Å². The molecule has 0 spiro atoms. The molecule has 1 amide bonds. The summed E-state index contributed by atoms with van der Waals surface area (Å²) in [5, 5.41) is 16.0. The Hall–Kier alpha value is -3.15. The highest BCUT2D eigenvalue weighted by atomic mass is 19.4. The molecular weight excluding hydrogens is 461 g/mol. The number of ether oxygens (including phenoxy) is 2. The van der Waals surface area contributed by atoms with E-state index in [9.17, 15) is 37.5 Å². The minimum absolute atomic E-state index is 0.0949. The molecule has 34 heavy (non-hydrogen) atoms. The van der Waals surface area contributed by atoms with Crippen LogP contribution in [0.3, 0.4) is 0 Å². The zero-order valence-corrected chi connectivity index (χ0v) is 18.6. The van der Waals surface area contributed by atoms with Crippen molar-refractivity contribution in [1.82, 2.24) is 10.6 Å². The number of halogens is 3. The standard InChI is InChI=1S/C22H27F3N2O7/c1-13(28)19(20(31)34-21(32)22(23,24)25)33-17-12-15(2-4-16(17)29)8-11-27-18(30)5-3-14-6-9-26-10-7-14/h2,4,12,14,19,26,29H,3,5-11H2,1H3,(H,27,30). The summed E-state index contributed by atoms with van der Waals surface area (Å²) in [5.41, 5.74) is 0.550. The van der Waals surface area contributed by atoms with Crippen LogP contribution in [0.2, 0.25) is 0 Å². The molecule has 0 aromatic heterocycles. The van der Waals surface area contributed by atoms with Gasteiger partial charge in [-0.1, -0.05) is 6.07 Å². The quantitative estimate of drug-likeness (QED) is 0.336. The van der Waals surface area contributed by atoms with Crippen LogP contribution < -0.4 is 15.4 Å². The first-order valence-corrected chi connectivity index (χ1v) is 10.8. The van der Waals surface area contributed by atoms with Crippen molar-refractivity contribution in [1.29, 1.82) is 0 Å². The molecular formula is C22H27F3N2O7. The molecule has 1 heterocycles. The van der Waals surface area contributed by atoms with Crippen LogP contribution in [0.4, 0.5) is 13.2 Å². The number of amides is 1. The van der Waals surface area contributed by atoms with Gasteiger partial charge in [0.2, 0.25) is 5.91 Å². The molecule has 9 nitrogen and oxygen atoms in total. The third kappa shape index (κ3) is 8.65. The summed E-state index contributed by atoms with van der Waals surface area (Å²) >= 11 is 0. The zero-order valence-electron chi connectivity index (χ0n) is 18.6. The van der Waals surface area contributed by atoms with Gasteiger partial charge in [0.05, 0.1) is 0 Å². The van der Waals surface area contributed by atoms with Crippen LogP contribution in [0.25, 0.3) is 0 Å². The molecule has 188 valence electrons. The van der Waals surface area contributed by atoms with Gasteiger partial charge >= 0.3 is 18.1 Å². The van der Waals surface area contributed by atoms with Gasteiger partial charge in [0.15, 0.2) is 17.3 Å². The van der Waals surface area contributed by atoms with E-state index < -0.39 is 35.8 Å². The summed E-state index contributed by atoms with van der Waals surface area (Å²) in [6.45, 7) is 3.04. The van der Waals surface area contributed by atoms with Gasteiger partial charge in [-0.25, -0.2) is 9.59 Å². The third-order valence-corrected chi connectivity index (χ3v) is 5.25. The van der Waals surface area contributed by atoms with Crippen molar-refractivity contribution in [3.05, 3.63) is 23.8 Å². The summed E-state index contributed by atoms with van der Waals surface area (Å²) in [6.07, 6.45) is -4.00. The van der Waals surface area contributed by atoms with E-state index in [1.807, 2.05) is 0 Å². The molecule has 0 saturated carbocycles. The number of carbonyl (C=O) groups excluding carboxylic acids is 4. The maximum absolute atomic E-state index is 12.3. The lowest BCUT2D eigenvalue weighted by molar-refractivity contribution is -0.203. The third-order valence-electron chi connectivity index (χ3n) is 5.25. The molecule has 1 aromatic rings. The maximum Gasteiger partial charge on any atom is 0.491 e. The molecule has 0 radical (unpaired) electrons. The average Bonchev–Trinajstić information content (AvgIpc) is 2.77. The molecule has 1 unspecified atom stereocenters. The van der Waals surface area contributed by atoms with Gasteiger partial charge in [-0.15, -0.1) is 0 Å². The van der Waals surface area contributed by atoms with Crippen LogP contribution in [0.15, 0.2) is 18.2 Å². The lowest BCUT2D eigenvalue weighted by Gasteiger charge is -2.22. The molecule has 0 aliphatic carbocycles. The first kappa shape index (κ1) is 27.1. The van der Waals surface area contributed by atoms with Crippen LogP contribution in [-0.2, 0) is 30.3 Å². The van der Waals surface area contributed by atoms with Crippen LogP contribution in [0.5, 0.6) is 11.5 Å². The number of hydrogen-bond donors (Lipinski definition) is 3. The van der Waals surface area contributed by atoms with E-state index in [0.29, 0.717) is 24.3 Å². The fourth-order valence-corrected chi connectivity index (χ4v) is 3.38. The SMILES string of the molecule is CC(=O)C(Oc1cc(CCNC(=O)CCC2CCNCC2)ccc1O)C(=O)OC(=O)C(F)(F)F. The van der Waals surface area contributed by atoms with Gasteiger partial charge in [-0.3, -0.25) is 9.59 Å². The normalized spacial score (nSPS) is 15.3. The number of esters is 2. The maximum atomic E-state index is 12.3. The Balaban J connectivity index is 1.91. The van der Waals surface area contributed by atoms with Crippen molar-refractivity contribution < 1.29 is 46.9 Å². The second kappa shape index (κ2) is 12.4. The number of nitrogens with one attached hydrogen (secondary N) is 2. The van der Waals surface area contributed by atoms with Gasteiger partial charge in [-0.2, -0.15) is 13.2 Å². The van der Waals surface area contributed by atoms with E-state index in [0.717, 1.165) is 39.3 Å². The van der Waals surface area contributed by atoms with Crippen LogP contribution in [-0.4, -0.2) is 60.7 Å². The second-order valence-corrected chi connectivity index (χ2v) is 7.95. The number of phenols is 1. The minimum atomic E-state index is -5.43. The summed E-state index contributed by atoms with van der Waals surface area (Å²) in [4.78, 5) is 46.5. The zero-order chi connectivity index (χ0) is 25.3. The van der Waals surface area contributed by atoms with E-state index >= 15 is 0 Å².